The van der Waals surface area contributed by atoms with Crippen molar-refractivity contribution >= 4 is 22.8 Å². The van der Waals surface area contributed by atoms with Gasteiger partial charge in [-0.25, -0.2) is 24.3 Å². The Bertz CT molecular complexity index is 1400. The second kappa shape index (κ2) is 9.48. The lowest BCUT2D eigenvalue weighted by atomic mass is 9.94. The lowest BCUT2D eigenvalue weighted by Crippen LogP contribution is -2.25. The van der Waals surface area contributed by atoms with E-state index >= 15 is 0 Å². The van der Waals surface area contributed by atoms with Crippen LogP contribution in [0.15, 0.2) is 36.7 Å². The molecule has 186 valence electrons. The highest BCUT2D eigenvalue weighted by Gasteiger charge is 2.37. The number of hydrogen-bond donors (Lipinski definition) is 0. The van der Waals surface area contributed by atoms with E-state index in [9.17, 15) is 4.39 Å². The molecule has 1 aliphatic carbocycles. The van der Waals surface area contributed by atoms with Crippen LogP contribution in [0.2, 0.25) is 5.02 Å². The number of benzene rings is 1. The molecule has 3 fully saturated rings. The molecule has 2 atom stereocenters. The molecule has 2 saturated heterocycles. The quantitative estimate of drug-likeness (QED) is 0.332. The molecule has 0 amide bonds. The maximum Gasteiger partial charge on any atom is 0.182 e. The van der Waals surface area contributed by atoms with E-state index in [4.69, 9.17) is 26.3 Å². The lowest BCUT2D eigenvalue weighted by molar-refractivity contribution is -0.00502. The molecule has 36 heavy (non-hydrogen) atoms. The molecule has 4 aromatic rings. The minimum absolute atomic E-state index is 0.188. The number of aromatic nitrogens is 6. The minimum Gasteiger partial charge on any atom is -0.375 e. The van der Waals surface area contributed by atoms with Crippen LogP contribution in [0.3, 0.4) is 0 Å². The molecule has 2 aliphatic heterocycles. The molecular formula is C27H28ClFN6O. The number of nitrogens with zero attached hydrogens (tertiary/aromatic N) is 6. The number of halogens is 2. The summed E-state index contributed by atoms with van der Waals surface area (Å²) in [5, 5.41) is 4.44. The zero-order valence-corrected chi connectivity index (χ0v) is 21.1. The summed E-state index contributed by atoms with van der Waals surface area (Å²) in [5.74, 6) is 0.466. The lowest BCUT2D eigenvalue weighted by Gasteiger charge is -2.27. The normalized spacial score (nSPS) is 22.9. The third-order valence-corrected chi connectivity index (χ3v) is 7.48. The van der Waals surface area contributed by atoms with Gasteiger partial charge in [0.1, 0.15) is 22.9 Å². The molecule has 3 aliphatic rings. The third kappa shape index (κ3) is 4.72. The van der Waals surface area contributed by atoms with Crippen molar-refractivity contribution in [3.8, 4) is 11.3 Å². The van der Waals surface area contributed by atoms with E-state index in [0.29, 0.717) is 33.3 Å². The van der Waals surface area contributed by atoms with Crippen molar-refractivity contribution in [3.63, 3.8) is 0 Å². The molecule has 1 saturated carbocycles. The zero-order chi connectivity index (χ0) is 24.8. The summed E-state index contributed by atoms with van der Waals surface area (Å²) in [7, 11) is 0. The fourth-order valence-corrected chi connectivity index (χ4v) is 5.24. The van der Waals surface area contributed by atoms with Gasteiger partial charge in [-0.05, 0) is 76.6 Å². The average molecular weight is 507 g/mol. The molecule has 1 aromatic carbocycles. The van der Waals surface area contributed by atoms with Crippen molar-refractivity contribution in [2.75, 3.05) is 0 Å². The Kier molecular flexibility index (Phi) is 6.17. The van der Waals surface area contributed by atoms with Crippen LogP contribution >= 0.6 is 11.6 Å². The van der Waals surface area contributed by atoms with E-state index in [0.717, 1.165) is 43.1 Å². The summed E-state index contributed by atoms with van der Waals surface area (Å²) in [6.07, 6.45) is 11.0. The van der Waals surface area contributed by atoms with Crippen molar-refractivity contribution in [2.45, 2.75) is 76.5 Å². The first-order valence-corrected chi connectivity index (χ1v) is 13.0. The van der Waals surface area contributed by atoms with Gasteiger partial charge in [0.2, 0.25) is 0 Å². The molecule has 7 nitrogen and oxygen atoms in total. The Morgan fingerprint density at radius 3 is 2.39 bits per heavy atom. The summed E-state index contributed by atoms with van der Waals surface area (Å²) in [6, 6.07) is 7.32. The third-order valence-electron chi connectivity index (χ3n) is 7.25. The summed E-state index contributed by atoms with van der Waals surface area (Å²) < 4.78 is 22.7. The van der Waals surface area contributed by atoms with E-state index in [1.807, 2.05) is 37.0 Å². The SMILES string of the molecule is Cc1nc2nc(C3CC4CCC(C3)O4)nc(-c3ccc(Cl)cc3F)c2nc1C.c1cnn(C2CC2)c1. The van der Waals surface area contributed by atoms with Crippen LogP contribution in [-0.2, 0) is 4.74 Å². The van der Waals surface area contributed by atoms with Crippen LogP contribution in [0.1, 0.15) is 67.7 Å². The highest BCUT2D eigenvalue weighted by Crippen LogP contribution is 2.41. The molecule has 3 aromatic heterocycles. The van der Waals surface area contributed by atoms with Crippen LogP contribution in [-0.4, -0.2) is 41.9 Å². The monoisotopic (exact) mass is 506 g/mol. The maximum atomic E-state index is 14.7. The number of rotatable bonds is 3. The van der Waals surface area contributed by atoms with Gasteiger partial charge in [-0.3, -0.25) is 4.68 Å². The maximum absolute atomic E-state index is 14.7. The predicted octanol–water partition coefficient (Wildman–Crippen LogP) is 6.14. The molecule has 7 rings (SSSR count). The number of aryl methyl sites for hydroxylation is 2. The van der Waals surface area contributed by atoms with Gasteiger partial charge in [-0.1, -0.05) is 11.6 Å². The van der Waals surface area contributed by atoms with Crippen LogP contribution in [0.4, 0.5) is 4.39 Å². The molecule has 2 bridgehead atoms. The van der Waals surface area contributed by atoms with E-state index < -0.39 is 5.82 Å². The summed E-state index contributed by atoms with van der Waals surface area (Å²) in [4.78, 5) is 18.8. The molecule has 5 heterocycles. The second-order valence-corrected chi connectivity index (χ2v) is 10.4. The fraction of sp³-hybridized carbons (Fsp3) is 0.444. The predicted molar refractivity (Wildman–Crippen MR) is 135 cm³/mol. The minimum atomic E-state index is -0.425. The van der Waals surface area contributed by atoms with E-state index in [1.54, 1.807) is 12.1 Å². The first-order valence-electron chi connectivity index (χ1n) is 12.6. The van der Waals surface area contributed by atoms with Crippen molar-refractivity contribution in [2.24, 2.45) is 0 Å². The Morgan fingerprint density at radius 1 is 0.972 bits per heavy atom. The van der Waals surface area contributed by atoms with Crippen molar-refractivity contribution in [1.29, 1.82) is 0 Å². The Labute approximate surface area is 214 Å². The first-order chi connectivity index (χ1) is 17.4. The number of hydrogen-bond acceptors (Lipinski definition) is 6. The second-order valence-electron chi connectivity index (χ2n) is 9.96. The molecule has 9 heteroatoms. The van der Waals surface area contributed by atoms with Gasteiger partial charge in [0, 0.05) is 28.9 Å². The van der Waals surface area contributed by atoms with Crippen molar-refractivity contribution in [3.05, 3.63) is 64.7 Å². The van der Waals surface area contributed by atoms with Gasteiger partial charge in [-0.2, -0.15) is 5.10 Å². The van der Waals surface area contributed by atoms with Gasteiger partial charge < -0.3 is 4.74 Å². The number of ether oxygens (including phenoxy) is 1. The Balaban J connectivity index is 0.000000253. The highest BCUT2D eigenvalue weighted by molar-refractivity contribution is 6.30. The first kappa shape index (κ1) is 23.4. The van der Waals surface area contributed by atoms with Gasteiger partial charge in [0.25, 0.3) is 0 Å². The van der Waals surface area contributed by atoms with Gasteiger partial charge in [-0.15, -0.1) is 0 Å². The van der Waals surface area contributed by atoms with Crippen LogP contribution in [0.25, 0.3) is 22.4 Å². The topological polar surface area (TPSA) is 78.6 Å². The standard InChI is InChI=1S/C21H20ClFN4O.C6H8N2/c1-10-11(2)25-21-19(24-10)18(16-6-3-13(22)9-17(16)23)26-20(27-21)12-7-14-4-5-15(8-12)28-14;1-4-7-8(5-1)6-2-3-6/h3,6,9,12,14-15H,4-5,7-8H2,1-2H3;1,4-6H,2-3H2. The van der Waals surface area contributed by atoms with Crippen LogP contribution < -0.4 is 0 Å². The molecule has 0 radical (unpaired) electrons. The van der Waals surface area contributed by atoms with Gasteiger partial charge in [0.05, 0.1) is 29.6 Å². The van der Waals surface area contributed by atoms with Crippen LogP contribution in [0, 0.1) is 19.7 Å². The molecule has 0 N–H and O–H groups in total. The van der Waals surface area contributed by atoms with E-state index in [-0.39, 0.29) is 18.1 Å². The van der Waals surface area contributed by atoms with Gasteiger partial charge in [0.15, 0.2) is 5.65 Å². The zero-order valence-electron chi connectivity index (χ0n) is 20.4. The highest BCUT2D eigenvalue weighted by atomic mass is 35.5. The number of fused-ring (bicyclic) bond motifs is 3. The molecular weight excluding hydrogens is 479 g/mol. The van der Waals surface area contributed by atoms with E-state index in [1.165, 1.54) is 18.9 Å². The molecule has 2 unspecified atom stereocenters. The fourth-order valence-electron chi connectivity index (χ4n) is 5.09. The van der Waals surface area contributed by atoms with Crippen molar-refractivity contribution < 1.29 is 9.13 Å². The van der Waals surface area contributed by atoms with Gasteiger partial charge >= 0.3 is 0 Å². The largest absolute Gasteiger partial charge is 0.375 e. The van der Waals surface area contributed by atoms with Crippen molar-refractivity contribution in [1.82, 2.24) is 29.7 Å². The summed E-state index contributed by atoms with van der Waals surface area (Å²) in [6.45, 7) is 3.79. The Morgan fingerprint density at radius 2 is 1.72 bits per heavy atom. The average Bonchev–Trinajstić information content (AvgIpc) is 3.45. The smallest absolute Gasteiger partial charge is 0.182 e. The molecule has 0 spiro atoms. The van der Waals surface area contributed by atoms with E-state index in [2.05, 4.69) is 15.1 Å². The summed E-state index contributed by atoms with van der Waals surface area (Å²) >= 11 is 5.95. The Hall–Kier alpha value is -2.97. The summed E-state index contributed by atoms with van der Waals surface area (Å²) in [5.41, 5.74) is 3.46. The van der Waals surface area contributed by atoms with Crippen LogP contribution in [0.5, 0.6) is 0 Å².